The highest BCUT2D eigenvalue weighted by molar-refractivity contribution is 6.16. The Morgan fingerprint density at radius 2 is 2.12 bits per heavy atom. The summed E-state index contributed by atoms with van der Waals surface area (Å²) in [5.74, 6) is 1.46. The summed E-state index contributed by atoms with van der Waals surface area (Å²) >= 11 is 6.02. The number of nitrogens with zero attached hydrogens (tertiary/aromatic N) is 3. The molecule has 1 fully saturated rings. The number of fused-ring (bicyclic) bond motifs is 1. The highest BCUT2D eigenvalue weighted by Crippen LogP contribution is 2.32. The molecule has 0 aromatic carbocycles. The fourth-order valence-corrected chi connectivity index (χ4v) is 3.03. The first-order valence-electron chi connectivity index (χ1n) is 6.27. The first-order valence-corrected chi connectivity index (χ1v) is 6.80. The van der Waals surface area contributed by atoms with Gasteiger partial charge in [-0.15, -0.1) is 11.6 Å². The first-order chi connectivity index (χ1) is 8.40. The lowest BCUT2D eigenvalue weighted by molar-refractivity contribution is 0.354. The molecule has 0 unspecified atom stereocenters. The lowest BCUT2D eigenvalue weighted by Gasteiger charge is -2.25. The number of aromatic nitrogens is 3. The molecule has 3 nitrogen and oxygen atoms in total. The molecule has 2 aromatic heterocycles. The third-order valence-electron chi connectivity index (χ3n) is 3.62. The van der Waals surface area contributed by atoms with Crippen molar-refractivity contribution in [2.45, 2.75) is 44.0 Å². The van der Waals surface area contributed by atoms with Crippen LogP contribution in [0.5, 0.6) is 0 Å². The summed E-state index contributed by atoms with van der Waals surface area (Å²) in [5, 5.41) is 0. The molecule has 0 saturated heterocycles. The molecule has 0 bridgehead atoms. The van der Waals surface area contributed by atoms with Gasteiger partial charge in [-0.05, 0) is 18.9 Å². The van der Waals surface area contributed by atoms with Crippen LogP contribution in [0.4, 0.5) is 0 Å². The molecule has 1 aliphatic carbocycles. The summed E-state index contributed by atoms with van der Waals surface area (Å²) in [6, 6.07) is 2.62. The van der Waals surface area contributed by atoms with Gasteiger partial charge in [0.2, 0.25) is 0 Å². The lowest BCUT2D eigenvalue weighted by Crippen LogP contribution is -2.14. The summed E-state index contributed by atoms with van der Waals surface area (Å²) in [6.45, 7) is 0. The fraction of sp³-hybridized carbons (Fsp3) is 0.538. The van der Waals surface area contributed by atoms with Gasteiger partial charge >= 0.3 is 0 Å². The van der Waals surface area contributed by atoms with Crippen LogP contribution < -0.4 is 0 Å². The van der Waals surface area contributed by atoms with E-state index in [1.54, 1.807) is 0 Å². The summed E-state index contributed by atoms with van der Waals surface area (Å²) in [6.07, 6.45) is 10.1. The smallest absolute Gasteiger partial charge is 0.125 e. The standard InChI is InChI=1S/C13H16ClN3/c14-8-13-16-11-9-15-7-6-12(11)17(13)10-4-2-1-3-5-10/h6-7,9-10H,1-5,8H2. The maximum absolute atomic E-state index is 6.02. The van der Waals surface area contributed by atoms with Crippen molar-refractivity contribution in [3.05, 3.63) is 24.3 Å². The van der Waals surface area contributed by atoms with Crippen LogP contribution in [0.2, 0.25) is 0 Å². The van der Waals surface area contributed by atoms with E-state index in [4.69, 9.17) is 11.6 Å². The molecule has 1 aliphatic rings. The maximum atomic E-state index is 6.02. The van der Waals surface area contributed by atoms with Crippen molar-refractivity contribution in [3.63, 3.8) is 0 Å². The van der Waals surface area contributed by atoms with Crippen LogP contribution >= 0.6 is 11.6 Å². The van der Waals surface area contributed by atoms with Gasteiger partial charge in [-0.2, -0.15) is 0 Å². The Hall–Kier alpha value is -1.09. The third kappa shape index (κ3) is 1.93. The molecular weight excluding hydrogens is 234 g/mol. The van der Waals surface area contributed by atoms with E-state index >= 15 is 0 Å². The van der Waals surface area contributed by atoms with E-state index in [2.05, 4.69) is 14.5 Å². The van der Waals surface area contributed by atoms with Crippen LogP contribution in [0.25, 0.3) is 11.0 Å². The minimum Gasteiger partial charge on any atom is -0.324 e. The van der Waals surface area contributed by atoms with Gasteiger partial charge in [0.15, 0.2) is 0 Å². The Morgan fingerprint density at radius 1 is 1.29 bits per heavy atom. The quantitative estimate of drug-likeness (QED) is 0.761. The number of hydrogen-bond acceptors (Lipinski definition) is 2. The number of halogens is 1. The Bertz CT molecular complexity index is 514. The van der Waals surface area contributed by atoms with E-state index < -0.39 is 0 Å². The van der Waals surface area contributed by atoms with E-state index in [0.717, 1.165) is 11.3 Å². The molecule has 1 saturated carbocycles. The molecular formula is C13H16ClN3. The second-order valence-corrected chi connectivity index (χ2v) is 4.96. The molecule has 0 aliphatic heterocycles. The van der Waals surface area contributed by atoms with E-state index in [1.807, 2.05) is 18.5 Å². The Kier molecular flexibility index (Phi) is 3.02. The SMILES string of the molecule is ClCc1nc2cnccc2n1C1CCCCC1. The highest BCUT2D eigenvalue weighted by Gasteiger charge is 2.20. The van der Waals surface area contributed by atoms with E-state index in [0.29, 0.717) is 11.9 Å². The number of rotatable bonds is 2. The molecule has 0 amide bonds. The normalized spacial score (nSPS) is 17.7. The largest absolute Gasteiger partial charge is 0.324 e. The predicted octanol–water partition coefficient (Wildman–Crippen LogP) is 3.68. The molecule has 0 spiro atoms. The van der Waals surface area contributed by atoms with Crippen molar-refractivity contribution < 1.29 is 0 Å². The van der Waals surface area contributed by atoms with E-state index in [-0.39, 0.29) is 0 Å². The van der Waals surface area contributed by atoms with E-state index in [1.165, 1.54) is 37.6 Å². The second kappa shape index (κ2) is 4.65. The molecule has 17 heavy (non-hydrogen) atoms. The Balaban J connectivity index is 2.11. The molecule has 2 aromatic rings. The topological polar surface area (TPSA) is 30.7 Å². The second-order valence-electron chi connectivity index (χ2n) is 4.69. The molecule has 2 heterocycles. The van der Waals surface area contributed by atoms with Gasteiger partial charge < -0.3 is 4.57 Å². The van der Waals surface area contributed by atoms with Gasteiger partial charge in [-0.1, -0.05) is 19.3 Å². The van der Waals surface area contributed by atoms with Crippen molar-refractivity contribution in [1.82, 2.24) is 14.5 Å². The van der Waals surface area contributed by atoms with Crippen molar-refractivity contribution in [3.8, 4) is 0 Å². The average Bonchev–Trinajstić information content (AvgIpc) is 2.78. The highest BCUT2D eigenvalue weighted by atomic mass is 35.5. The van der Waals surface area contributed by atoms with Crippen molar-refractivity contribution in [2.75, 3.05) is 0 Å². The summed E-state index contributed by atoms with van der Waals surface area (Å²) in [7, 11) is 0. The van der Waals surface area contributed by atoms with Crippen molar-refractivity contribution in [1.29, 1.82) is 0 Å². The van der Waals surface area contributed by atoms with Crippen LogP contribution in [0.15, 0.2) is 18.5 Å². The molecule has 0 radical (unpaired) electrons. The van der Waals surface area contributed by atoms with Gasteiger partial charge in [0.1, 0.15) is 11.3 Å². The van der Waals surface area contributed by atoms with Crippen LogP contribution in [-0.2, 0) is 5.88 Å². The number of pyridine rings is 1. The van der Waals surface area contributed by atoms with Crippen molar-refractivity contribution in [2.24, 2.45) is 0 Å². The van der Waals surface area contributed by atoms with Crippen LogP contribution in [-0.4, -0.2) is 14.5 Å². The first kappa shape index (κ1) is 11.0. The maximum Gasteiger partial charge on any atom is 0.125 e. The average molecular weight is 250 g/mol. The number of imidazole rings is 1. The summed E-state index contributed by atoms with van der Waals surface area (Å²) in [4.78, 5) is 8.70. The van der Waals surface area contributed by atoms with Crippen LogP contribution in [0, 0.1) is 0 Å². The van der Waals surface area contributed by atoms with Crippen molar-refractivity contribution >= 4 is 22.6 Å². The van der Waals surface area contributed by atoms with Gasteiger partial charge in [-0.3, -0.25) is 4.98 Å². The van der Waals surface area contributed by atoms with Gasteiger partial charge in [0, 0.05) is 12.2 Å². The van der Waals surface area contributed by atoms with Crippen LogP contribution in [0.1, 0.15) is 44.0 Å². The minimum absolute atomic E-state index is 0.477. The number of hydrogen-bond donors (Lipinski definition) is 0. The molecule has 0 N–H and O–H groups in total. The zero-order valence-electron chi connectivity index (χ0n) is 9.77. The lowest BCUT2D eigenvalue weighted by atomic mass is 9.95. The molecule has 0 atom stereocenters. The summed E-state index contributed by atoms with van der Waals surface area (Å²) < 4.78 is 2.34. The Morgan fingerprint density at radius 3 is 2.88 bits per heavy atom. The van der Waals surface area contributed by atoms with E-state index in [9.17, 15) is 0 Å². The zero-order chi connectivity index (χ0) is 11.7. The van der Waals surface area contributed by atoms with Gasteiger partial charge in [0.25, 0.3) is 0 Å². The van der Waals surface area contributed by atoms with Gasteiger partial charge in [-0.25, -0.2) is 4.98 Å². The van der Waals surface area contributed by atoms with Crippen LogP contribution in [0.3, 0.4) is 0 Å². The zero-order valence-corrected chi connectivity index (χ0v) is 10.5. The monoisotopic (exact) mass is 249 g/mol. The molecule has 3 rings (SSSR count). The molecule has 90 valence electrons. The fourth-order valence-electron chi connectivity index (χ4n) is 2.84. The summed E-state index contributed by atoms with van der Waals surface area (Å²) in [5.41, 5.74) is 2.15. The Labute approximate surface area is 106 Å². The minimum atomic E-state index is 0.477. The van der Waals surface area contributed by atoms with Gasteiger partial charge in [0.05, 0.1) is 17.6 Å². The number of alkyl halides is 1. The third-order valence-corrected chi connectivity index (χ3v) is 3.86. The molecule has 4 heteroatoms. The predicted molar refractivity (Wildman–Crippen MR) is 69.2 cm³/mol.